The van der Waals surface area contributed by atoms with E-state index in [9.17, 15) is 14.7 Å². The molecule has 0 heterocycles. The molecule has 4 atom stereocenters. The van der Waals surface area contributed by atoms with Gasteiger partial charge in [0.05, 0.1) is 11.8 Å². The van der Waals surface area contributed by atoms with Gasteiger partial charge in [0, 0.05) is 6.54 Å². The number of carboxylic acid groups (broad SMARTS) is 1. The molecule has 0 aromatic rings. The molecule has 0 spiro atoms. The molecule has 1 amide bonds. The number of rotatable bonds is 4. The van der Waals surface area contributed by atoms with Gasteiger partial charge in [0.1, 0.15) is 0 Å². The smallest absolute Gasteiger partial charge is 0.307 e. The number of fused-ring (bicyclic) bond motifs is 2. The molecule has 4 nitrogen and oxygen atoms in total. The first-order valence-electron chi connectivity index (χ1n) is 8.17. The highest BCUT2D eigenvalue weighted by Gasteiger charge is 2.53. The minimum absolute atomic E-state index is 0.00942. The lowest BCUT2D eigenvalue weighted by Gasteiger charge is -2.28. The van der Waals surface area contributed by atoms with Crippen molar-refractivity contribution in [1.82, 2.24) is 5.32 Å². The number of amides is 1. The van der Waals surface area contributed by atoms with E-state index < -0.39 is 11.9 Å². The third-order valence-corrected chi connectivity index (χ3v) is 5.79. The molecule has 112 valence electrons. The quantitative estimate of drug-likeness (QED) is 0.830. The fourth-order valence-electron chi connectivity index (χ4n) is 4.78. The second kappa shape index (κ2) is 5.74. The van der Waals surface area contributed by atoms with Crippen molar-refractivity contribution in [2.75, 3.05) is 6.54 Å². The van der Waals surface area contributed by atoms with Crippen molar-refractivity contribution >= 4 is 11.9 Å². The van der Waals surface area contributed by atoms with Gasteiger partial charge in [0.25, 0.3) is 0 Å². The third-order valence-electron chi connectivity index (χ3n) is 5.79. The molecule has 20 heavy (non-hydrogen) atoms. The highest BCUT2D eigenvalue weighted by Crippen LogP contribution is 2.52. The summed E-state index contributed by atoms with van der Waals surface area (Å²) in [4.78, 5) is 23.9. The van der Waals surface area contributed by atoms with E-state index in [0.717, 1.165) is 25.8 Å². The van der Waals surface area contributed by atoms with Gasteiger partial charge in [-0.15, -0.1) is 0 Å². The maximum atomic E-state index is 12.4. The van der Waals surface area contributed by atoms with E-state index in [1.807, 2.05) is 0 Å². The molecule has 0 aromatic heterocycles. The van der Waals surface area contributed by atoms with Crippen LogP contribution in [0.4, 0.5) is 0 Å². The van der Waals surface area contributed by atoms with Crippen LogP contribution >= 0.6 is 0 Å². The molecule has 4 heteroatoms. The van der Waals surface area contributed by atoms with Gasteiger partial charge in [0.2, 0.25) is 5.91 Å². The Hall–Kier alpha value is -1.06. The van der Waals surface area contributed by atoms with Crippen LogP contribution in [0.25, 0.3) is 0 Å². The summed E-state index contributed by atoms with van der Waals surface area (Å²) in [6.07, 6.45) is 9.25. The fourth-order valence-corrected chi connectivity index (χ4v) is 4.78. The number of carbonyl (C=O) groups excluding carboxylic acids is 1. The van der Waals surface area contributed by atoms with Crippen LogP contribution in [0.2, 0.25) is 0 Å². The first-order chi connectivity index (χ1) is 9.66. The number of nitrogens with one attached hydrogen (secondary N) is 1. The normalized spacial score (nSPS) is 37.0. The molecule has 2 bridgehead atoms. The van der Waals surface area contributed by atoms with E-state index in [0.29, 0.717) is 11.8 Å². The Balaban J connectivity index is 1.57. The second-order valence-corrected chi connectivity index (χ2v) is 6.97. The zero-order valence-electron chi connectivity index (χ0n) is 12.0. The van der Waals surface area contributed by atoms with Crippen molar-refractivity contribution in [1.29, 1.82) is 0 Å². The molecule has 0 unspecified atom stereocenters. The van der Waals surface area contributed by atoms with Crippen LogP contribution in [0.1, 0.15) is 51.4 Å². The lowest BCUT2D eigenvalue weighted by molar-refractivity contribution is -0.149. The van der Waals surface area contributed by atoms with E-state index in [-0.39, 0.29) is 17.7 Å². The number of hydrogen-bond acceptors (Lipinski definition) is 2. The molecule has 0 aromatic carbocycles. The van der Waals surface area contributed by atoms with E-state index in [4.69, 9.17) is 0 Å². The molecule has 3 rings (SSSR count). The molecular weight excluding hydrogens is 254 g/mol. The van der Waals surface area contributed by atoms with Gasteiger partial charge in [0.15, 0.2) is 0 Å². The predicted octanol–water partition coefficient (Wildman–Crippen LogP) is 2.43. The van der Waals surface area contributed by atoms with E-state index in [2.05, 4.69) is 5.32 Å². The van der Waals surface area contributed by atoms with Gasteiger partial charge >= 0.3 is 5.97 Å². The zero-order valence-corrected chi connectivity index (χ0v) is 12.0. The minimum Gasteiger partial charge on any atom is -0.481 e. The van der Waals surface area contributed by atoms with Gasteiger partial charge in [-0.25, -0.2) is 0 Å². The summed E-state index contributed by atoms with van der Waals surface area (Å²) < 4.78 is 0. The first kappa shape index (κ1) is 13.9. The standard InChI is InChI=1S/C16H25NO3/c18-15(17-9-10-4-2-1-3-5-10)13-11-6-7-12(8-11)14(13)16(19)20/h10-14H,1-9H2,(H,17,18)(H,19,20)/t11-,12+,13-,14-/m0/s1. The molecule has 0 saturated heterocycles. The third kappa shape index (κ3) is 2.57. The first-order valence-corrected chi connectivity index (χ1v) is 8.17. The average molecular weight is 279 g/mol. The molecule has 2 N–H and O–H groups in total. The highest BCUT2D eigenvalue weighted by atomic mass is 16.4. The lowest BCUT2D eigenvalue weighted by Crippen LogP contribution is -2.42. The molecule has 0 aliphatic heterocycles. The van der Waals surface area contributed by atoms with Crippen LogP contribution in [0, 0.1) is 29.6 Å². The Labute approximate surface area is 120 Å². The Kier molecular flexibility index (Phi) is 3.99. The summed E-state index contributed by atoms with van der Waals surface area (Å²) in [6.45, 7) is 0.749. The van der Waals surface area contributed by atoms with Gasteiger partial charge in [-0.05, 0) is 49.9 Å². The monoisotopic (exact) mass is 279 g/mol. The largest absolute Gasteiger partial charge is 0.481 e. The van der Waals surface area contributed by atoms with Crippen molar-refractivity contribution in [2.45, 2.75) is 51.4 Å². The molecule has 3 aliphatic rings. The van der Waals surface area contributed by atoms with Gasteiger partial charge in [-0.3, -0.25) is 9.59 Å². The summed E-state index contributed by atoms with van der Waals surface area (Å²) in [5.41, 5.74) is 0. The van der Waals surface area contributed by atoms with Gasteiger partial charge in [-0.1, -0.05) is 19.3 Å². The molecule has 3 aliphatic carbocycles. The van der Waals surface area contributed by atoms with E-state index >= 15 is 0 Å². The Bertz CT molecular complexity index is 389. The SMILES string of the molecule is O=C(O)[C@H]1[C@@H]2CC[C@@H](C2)[C@@H]1C(=O)NCC1CCCCC1. The summed E-state index contributed by atoms with van der Waals surface area (Å²) in [6, 6.07) is 0. The topological polar surface area (TPSA) is 66.4 Å². The fraction of sp³-hybridized carbons (Fsp3) is 0.875. The summed E-state index contributed by atoms with van der Waals surface area (Å²) >= 11 is 0. The predicted molar refractivity (Wildman–Crippen MR) is 75.0 cm³/mol. The number of aliphatic carboxylic acids is 1. The average Bonchev–Trinajstić information content (AvgIpc) is 3.06. The van der Waals surface area contributed by atoms with Crippen LogP contribution in [0.3, 0.4) is 0 Å². The van der Waals surface area contributed by atoms with E-state index in [1.165, 1.54) is 32.1 Å². The maximum absolute atomic E-state index is 12.4. The summed E-state index contributed by atoms with van der Waals surface area (Å²) in [7, 11) is 0. The number of carbonyl (C=O) groups is 2. The maximum Gasteiger partial charge on any atom is 0.307 e. The number of hydrogen-bond donors (Lipinski definition) is 2. The molecule has 3 fully saturated rings. The molecule has 0 radical (unpaired) electrons. The van der Waals surface area contributed by atoms with Gasteiger partial charge in [-0.2, -0.15) is 0 Å². The van der Waals surface area contributed by atoms with Crippen LogP contribution in [0.5, 0.6) is 0 Å². The van der Waals surface area contributed by atoms with Crippen molar-refractivity contribution in [3.05, 3.63) is 0 Å². The van der Waals surface area contributed by atoms with Crippen molar-refractivity contribution < 1.29 is 14.7 Å². The summed E-state index contributed by atoms with van der Waals surface area (Å²) in [5, 5.41) is 12.5. The van der Waals surface area contributed by atoms with Crippen molar-refractivity contribution in [3.8, 4) is 0 Å². The lowest BCUT2D eigenvalue weighted by atomic mass is 9.78. The highest BCUT2D eigenvalue weighted by molar-refractivity contribution is 5.86. The Morgan fingerprint density at radius 1 is 0.950 bits per heavy atom. The second-order valence-electron chi connectivity index (χ2n) is 6.97. The van der Waals surface area contributed by atoms with E-state index in [1.54, 1.807) is 0 Å². The van der Waals surface area contributed by atoms with Crippen LogP contribution in [-0.2, 0) is 9.59 Å². The van der Waals surface area contributed by atoms with Gasteiger partial charge < -0.3 is 10.4 Å². The molecule has 3 saturated carbocycles. The molecular formula is C16H25NO3. The van der Waals surface area contributed by atoms with Crippen LogP contribution in [-0.4, -0.2) is 23.5 Å². The Morgan fingerprint density at radius 2 is 1.60 bits per heavy atom. The zero-order chi connectivity index (χ0) is 14.1. The van der Waals surface area contributed by atoms with Crippen LogP contribution in [0.15, 0.2) is 0 Å². The Morgan fingerprint density at radius 3 is 2.25 bits per heavy atom. The van der Waals surface area contributed by atoms with Crippen molar-refractivity contribution in [2.24, 2.45) is 29.6 Å². The van der Waals surface area contributed by atoms with Crippen LogP contribution < -0.4 is 5.32 Å². The summed E-state index contributed by atoms with van der Waals surface area (Å²) in [5.74, 6) is -0.301. The minimum atomic E-state index is -0.769. The van der Waals surface area contributed by atoms with Crippen molar-refractivity contribution in [3.63, 3.8) is 0 Å². The number of carboxylic acids is 1.